The maximum absolute atomic E-state index is 12.9. The summed E-state index contributed by atoms with van der Waals surface area (Å²) in [4.78, 5) is 14.9. The Morgan fingerprint density at radius 3 is 2.78 bits per heavy atom. The predicted octanol–water partition coefficient (Wildman–Crippen LogP) is 3.17. The Morgan fingerprint density at radius 2 is 1.96 bits per heavy atom. The summed E-state index contributed by atoms with van der Waals surface area (Å²) in [6, 6.07) is 9.68. The number of aryl methyl sites for hydroxylation is 2. The molecule has 140 valence electrons. The third kappa shape index (κ3) is 3.73. The van der Waals surface area contributed by atoms with E-state index >= 15 is 0 Å². The summed E-state index contributed by atoms with van der Waals surface area (Å²) in [5.41, 5.74) is 1.74. The van der Waals surface area contributed by atoms with Crippen molar-refractivity contribution in [3.05, 3.63) is 47.0 Å². The van der Waals surface area contributed by atoms with Crippen LogP contribution in [0.4, 0.5) is 0 Å². The van der Waals surface area contributed by atoms with Gasteiger partial charge in [-0.25, -0.2) is 0 Å². The molecule has 6 heteroatoms. The molecule has 0 saturated carbocycles. The van der Waals surface area contributed by atoms with Gasteiger partial charge in [-0.1, -0.05) is 18.6 Å². The van der Waals surface area contributed by atoms with E-state index in [2.05, 4.69) is 20.8 Å². The number of amides is 1. The van der Waals surface area contributed by atoms with Crippen LogP contribution >= 0.6 is 0 Å². The second kappa shape index (κ2) is 7.91. The molecule has 6 nitrogen and oxygen atoms in total. The zero-order chi connectivity index (χ0) is 18.6. The number of nitrogens with zero attached hydrogens (tertiary/aromatic N) is 5. The van der Waals surface area contributed by atoms with Gasteiger partial charge in [-0.05, 0) is 49.8 Å². The van der Waals surface area contributed by atoms with Crippen LogP contribution in [0.15, 0.2) is 24.3 Å². The first-order valence-corrected chi connectivity index (χ1v) is 9.97. The number of hydrogen-bond acceptors (Lipinski definition) is 4. The standard InChI is InChI=1S/C21H25N5O/c22-15-17-9-7-16(8-10-17)11-12-20(27)25-14-4-5-18(25)21-24-23-19-6-2-1-3-13-26(19)21/h7-10,18H,1-6,11-14H2. The van der Waals surface area contributed by atoms with Crippen LogP contribution in [0.2, 0.25) is 0 Å². The Bertz CT molecular complexity index is 848. The van der Waals surface area contributed by atoms with Crippen LogP contribution in [0.3, 0.4) is 0 Å². The molecule has 1 aromatic heterocycles. The first-order valence-electron chi connectivity index (χ1n) is 9.97. The molecule has 0 bridgehead atoms. The number of likely N-dealkylation sites (tertiary alicyclic amines) is 1. The summed E-state index contributed by atoms with van der Waals surface area (Å²) >= 11 is 0. The summed E-state index contributed by atoms with van der Waals surface area (Å²) in [7, 11) is 0. The SMILES string of the molecule is N#Cc1ccc(CCC(=O)N2CCCC2c2nnc3n2CCCCC3)cc1. The van der Waals surface area contributed by atoms with Gasteiger partial charge >= 0.3 is 0 Å². The Morgan fingerprint density at radius 1 is 1.11 bits per heavy atom. The van der Waals surface area contributed by atoms with Crippen molar-refractivity contribution in [1.82, 2.24) is 19.7 Å². The predicted molar refractivity (Wildman–Crippen MR) is 101 cm³/mol. The molecule has 27 heavy (non-hydrogen) atoms. The number of rotatable bonds is 4. The molecule has 1 unspecified atom stereocenters. The average Bonchev–Trinajstić information content (AvgIpc) is 3.27. The fraction of sp³-hybridized carbons (Fsp3) is 0.524. The van der Waals surface area contributed by atoms with Crippen molar-refractivity contribution < 1.29 is 4.79 Å². The highest BCUT2D eigenvalue weighted by Gasteiger charge is 2.34. The van der Waals surface area contributed by atoms with Crippen molar-refractivity contribution in [2.45, 2.75) is 64.0 Å². The third-order valence-corrected chi connectivity index (χ3v) is 5.72. The third-order valence-electron chi connectivity index (χ3n) is 5.72. The molecule has 1 saturated heterocycles. The van der Waals surface area contributed by atoms with Gasteiger partial charge in [0.15, 0.2) is 5.82 Å². The van der Waals surface area contributed by atoms with Crippen LogP contribution in [0.1, 0.15) is 67.3 Å². The molecule has 2 aliphatic heterocycles. The van der Waals surface area contributed by atoms with Gasteiger partial charge < -0.3 is 9.47 Å². The minimum absolute atomic E-state index is 0.0674. The second-order valence-electron chi connectivity index (χ2n) is 7.49. The molecule has 4 rings (SSSR count). The van der Waals surface area contributed by atoms with Gasteiger partial charge in [0.2, 0.25) is 5.91 Å². The molecule has 1 fully saturated rings. The lowest BCUT2D eigenvalue weighted by molar-refractivity contribution is -0.132. The number of carbonyl (C=O) groups is 1. The lowest BCUT2D eigenvalue weighted by atomic mass is 10.1. The Hall–Kier alpha value is -2.68. The molecular weight excluding hydrogens is 338 g/mol. The maximum Gasteiger partial charge on any atom is 0.223 e. The molecule has 0 N–H and O–H groups in total. The van der Waals surface area contributed by atoms with Crippen LogP contribution < -0.4 is 0 Å². The van der Waals surface area contributed by atoms with E-state index in [9.17, 15) is 4.79 Å². The molecule has 3 heterocycles. The fourth-order valence-corrected chi connectivity index (χ4v) is 4.23. The Kier molecular flexibility index (Phi) is 5.19. The normalized spacial score (nSPS) is 19.4. The fourth-order valence-electron chi connectivity index (χ4n) is 4.23. The Balaban J connectivity index is 1.44. The van der Waals surface area contributed by atoms with Gasteiger partial charge in [0.05, 0.1) is 17.7 Å². The van der Waals surface area contributed by atoms with E-state index in [4.69, 9.17) is 5.26 Å². The minimum atomic E-state index is 0.0674. The summed E-state index contributed by atoms with van der Waals surface area (Å²) in [5.74, 6) is 2.25. The van der Waals surface area contributed by atoms with Gasteiger partial charge in [0.1, 0.15) is 5.82 Å². The number of hydrogen-bond donors (Lipinski definition) is 0. The smallest absolute Gasteiger partial charge is 0.223 e. The lowest BCUT2D eigenvalue weighted by Gasteiger charge is -2.25. The molecule has 0 aliphatic carbocycles. The van der Waals surface area contributed by atoms with E-state index in [0.29, 0.717) is 18.4 Å². The first-order chi connectivity index (χ1) is 13.3. The van der Waals surface area contributed by atoms with Crippen LogP contribution in [0, 0.1) is 11.3 Å². The van der Waals surface area contributed by atoms with E-state index in [1.165, 1.54) is 12.8 Å². The number of benzene rings is 1. The van der Waals surface area contributed by atoms with Gasteiger partial charge in [0.25, 0.3) is 0 Å². The topological polar surface area (TPSA) is 74.8 Å². The molecule has 2 aliphatic rings. The monoisotopic (exact) mass is 363 g/mol. The largest absolute Gasteiger partial charge is 0.332 e. The van der Waals surface area contributed by atoms with E-state index in [1.54, 1.807) is 0 Å². The number of nitriles is 1. The van der Waals surface area contributed by atoms with E-state index in [1.807, 2.05) is 29.2 Å². The second-order valence-corrected chi connectivity index (χ2v) is 7.49. The molecule has 1 amide bonds. The van der Waals surface area contributed by atoms with Gasteiger partial charge in [-0.3, -0.25) is 4.79 Å². The van der Waals surface area contributed by atoms with Crippen LogP contribution in [-0.4, -0.2) is 32.1 Å². The summed E-state index contributed by atoms with van der Waals surface area (Å²) in [6.07, 6.45) is 7.76. The average molecular weight is 363 g/mol. The highest BCUT2D eigenvalue weighted by molar-refractivity contribution is 5.77. The molecule has 0 spiro atoms. The zero-order valence-corrected chi connectivity index (χ0v) is 15.6. The van der Waals surface area contributed by atoms with E-state index in [-0.39, 0.29) is 11.9 Å². The molecule has 1 atom stereocenters. The number of aromatic nitrogens is 3. The van der Waals surface area contributed by atoms with Gasteiger partial charge in [-0.2, -0.15) is 5.26 Å². The number of carbonyl (C=O) groups excluding carboxylic acids is 1. The highest BCUT2D eigenvalue weighted by atomic mass is 16.2. The van der Waals surface area contributed by atoms with Crippen molar-refractivity contribution in [2.75, 3.05) is 6.54 Å². The molecule has 2 aromatic rings. The van der Waals surface area contributed by atoms with Crippen molar-refractivity contribution in [3.8, 4) is 6.07 Å². The van der Waals surface area contributed by atoms with E-state index in [0.717, 1.165) is 56.0 Å². The quantitative estimate of drug-likeness (QED) is 0.836. The summed E-state index contributed by atoms with van der Waals surface area (Å²) in [5, 5.41) is 17.8. The van der Waals surface area contributed by atoms with Crippen molar-refractivity contribution in [3.63, 3.8) is 0 Å². The summed E-state index contributed by atoms with van der Waals surface area (Å²) < 4.78 is 2.27. The lowest BCUT2D eigenvalue weighted by Crippen LogP contribution is -2.32. The van der Waals surface area contributed by atoms with Gasteiger partial charge in [-0.15, -0.1) is 10.2 Å². The van der Waals surface area contributed by atoms with Crippen LogP contribution in [0.25, 0.3) is 0 Å². The van der Waals surface area contributed by atoms with E-state index < -0.39 is 0 Å². The van der Waals surface area contributed by atoms with Crippen molar-refractivity contribution in [2.24, 2.45) is 0 Å². The van der Waals surface area contributed by atoms with Gasteiger partial charge in [0, 0.05) is 25.9 Å². The molecule has 1 aromatic carbocycles. The summed E-state index contributed by atoms with van der Waals surface area (Å²) in [6.45, 7) is 1.78. The minimum Gasteiger partial charge on any atom is -0.332 e. The zero-order valence-electron chi connectivity index (χ0n) is 15.6. The number of fused-ring (bicyclic) bond motifs is 1. The molecular formula is C21H25N5O. The van der Waals surface area contributed by atoms with Crippen molar-refractivity contribution >= 4 is 5.91 Å². The maximum atomic E-state index is 12.9. The Labute approximate surface area is 159 Å². The first kappa shape index (κ1) is 17.7. The van der Waals surface area contributed by atoms with Crippen LogP contribution in [0.5, 0.6) is 0 Å². The van der Waals surface area contributed by atoms with Crippen LogP contribution in [-0.2, 0) is 24.2 Å². The highest BCUT2D eigenvalue weighted by Crippen LogP contribution is 2.33. The molecule has 0 radical (unpaired) electrons. The van der Waals surface area contributed by atoms with Crippen molar-refractivity contribution in [1.29, 1.82) is 5.26 Å².